The maximum absolute atomic E-state index is 13.9. The van der Waals surface area contributed by atoms with Crippen molar-refractivity contribution in [3.05, 3.63) is 60.2 Å². The third-order valence-corrected chi connectivity index (χ3v) is 8.04. The molecule has 2 heterocycles. The van der Waals surface area contributed by atoms with Crippen molar-refractivity contribution in [1.29, 1.82) is 0 Å². The molecule has 0 radical (unpaired) electrons. The van der Waals surface area contributed by atoms with Gasteiger partial charge in [-0.2, -0.15) is 4.31 Å². The fourth-order valence-corrected chi connectivity index (χ4v) is 5.70. The summed E-state index contributed by atoms with van der Waals surface area (Å²) in [5.74, 6) is -4.27. The minimum Gasteiger partial charge on any atom is -0.443 e. The first-order valence-corrected chi connectivity index (χ1v) is 13.4. The lowest BCUT2D eigenvalue weighted by atomic mass is 10.0. The van der Waals surface area contributed by atoms with Gasteiger partial charge in [-0.25, -0.2) is 13.2 Å². The number of benzene rings is 2. The van der Waals surface area contributed by atoms with Crippen LogP contribution < -0.4 is 11.1 Å². The summed E-state index contributed by atoms with van der Waals surface area (Å²) in [7, 11) is -4.77. The van der Waals surface area contributed by atoms with Gasteiger partial charge in [-0.15, -0.1) is 0 Å². The second kappa shape index (κ2) is 12.4. The molecular formula is C27H37N3O7S. The summed E-state index contributed by atoms with van der Waals surface area (Å²) in [6.07, 6.45) is -6.83. The molecule has 11 heteroatoms. The van der Waals surface area contributed by atoms with Gasteiger partial charge < -0.3 is 30.4 Å². The largest absolute Gasteiger partial charge is 0.443 e. The third kappa shape index (κ3) is 7.03. The topological polar surface area (TPSA) is 140 Å². The van der Waals surface area contributed by atoms with Crippen LogP contribution in [0.5, 0.6) is 0 Å². The Morgan fingerprint density at radius 3 is 2.68 bits per heavy atom. The van der Waals surface area contributed by atoms with Gasteiger partial charge in [0.2, 0.25) is 10.0 Å². The van der Waals surface area contributed by atoms with Crippen LogP contribution >= 0.6 is 0 Å². The number of aliphatic hydroxyl groups excluding tert-OH is 1. The number of carbonyl (C=O) groups is 1. The van der Waals surface area contributed by atoms with E-state index in [2.05, 4.69) is 5.32 Å². The molecule has 2 aliphatic rings. The van der Waals surface area contributed by atoms with Crippen molar-refractivity contribution < 1.29 is 44.9 Å². The smallest absolute Gasteiger partial charge is 0.407 e. The number of nitrogens with zero attached hydrogens (tertiary/aromatic N) is 1. The quantitative estimate of drug-likeness (QED) is 0.359. The summed E-state index contributed by atoms with van der Waals surface area (Å²) >= 11 is 0. The van der Waals surface area contributed by atoms with Gasteiger partial charge in [0.15, 0.2) is 6.27 Å². The molecule has 0 aliphatic carbocycles. The number of nitrogens with two attached hydrogens (primary N) is 1. The van der Waals surface area contributed by atoms with Crippen molar-refractivity contribution in [2.75, 3.05) is 32.0 Å². The summed E-state index contributed by atoms with van der Waals surface area (Å²) in [5, 5.41) is 13.9. The lowest BCUT2D eigenvalue weighted by Gasteiger charge is -2.31. The fraction of sp³-hybridized carbons (Fsp3) is 0.519. The highest BCUT2D eigenvalue weighted by Gasteiger charge is 2.44. The van der Waals surface area contributed by atoms with Crippen LogP contribution in [0.15, 0.2) is 59.5 Å². The van der Waals surface area contributed by atoms with Crippen LogP contribution in [0.2, 0.25) is 0 Å². The van der Waals surface area contributed by atoms with Crippen LogP contribution in [-0.4, -0.2) is 74.7 Å². The van der Waals surface area contributed by atoms with Gasteiger partial charge in [-0.1, -0.05) is 44.0 Å². The Balaban J connectivity index is 1.67. The number of carbonyl (C=O) groups excluding carboxylic acids is 1. The molecule has 2 aliphatic heterocycles. The van der Waals surface area contributed by atoms with Gasteiger partial charge >= 0.3 is 6.09 Å². The number of anilines is 1. The Labute approximate surface area is 236 Å². The van der Waals surface area contributed by atoms with E-state index in [1.165, 1.54) is 12.1 Å². The Hall–Kier alpha value is -2.70. The molecule has 0 saturated carbocycles. The number of nitrogens with one attached hydrogen (secondary N) is 1. The van der Waals surface area contributed by atoms with Gasteiger partial charge in [0, 0.05) is 28.4 Å². The molecule has 5 atom stereocenters. The summed E-state index contributed by atoms with van der Waals surface area (Å²) in [5.41, 5.74) is 6.46. The van der Waals surface area contributed by atoms with Crippen LogP contribution in [0.25, 0.3) is 0 Å². The molecule has 38 heavy (non-hydrogen) atoms. The molecule has 0 spiro atoms. The molecule has 2 aromatic rings. The van der Waals surface area contributed by atoms with E-state index < -0.39 is 90.7 Å². The Bertz CT molecular complexity index is 1500. The number of amides is 1. The van der Waals surface area contributed by atoms with E-state index in [9.17, 15) is 18.3 Å². The number of ether oxygens (including phenoxy) is 3. The molecule has 2 saturated heterocycles. The second-order valence-electron chi connectivity index (χ2n) is 9.01. The highest BCUT2D eigenvalue weighted by atomic mass is 32.2. The van der Waals surface area contributed by atoms with Gasteiger partial charge in [-0.05, 0) is 48.6 Å². The van der Waals surface area contributed by atoms with Crippen molar-refractivity contribution in [2.24, 2.45) is 11.8 Å². The van der Waals surface area contributed by atoms with Crippen LogP contribution in [0.4, 0.5) is 10.5 Å². The minimum atomic E-state index is -4.77. The average Bonchev–Trinajstić information content (AvgIpc) is 3.47. The van der Waals surface area contributed by atoms with Gasteiger partial charge in [0.05, 0.1) is 38.9 Å². The number of aliphatic hydroxyl groups is 1. The van der Waals surface area contributed by atoms with E-state index in [-0.39, 0.29) is 25.1 Å². The molecule has 1 amide bonds. The molecule has 0 bridgehead atoms. The Morgan fingerprint density at radius 1 is 1.24 bits per heavy atom. The van der Waals surface area contributed by atoms with E-state index in [0.29, 0.717) is 9.87 Å². The van der Waals surface area contributed by atoms with Crippen LogP contribution in [0.1, 0.15) is 38.0 Å². The lowest BCUT2D eigenvalue weighted by Crippen LogP contribution is -2.51. The molecule has 0 unspecified atom stereocenters. The summed E-state index contributed by atoms with van der Waals surface area (Å²) in [6.45, 7) is -9.69. The first-order valence-electron chi connectivity index (χ1n) is 16.5. The van der Waals surface area contributed by atoms with E-state index >= 15 is 0 Å². The SMILES string of the molecule is [2H]C([2H])([2H])C([2H])(CN(C[C@@H](O)[C@H](Cc1ccccc1)NC(=O)O[C@@]1([2H])CO[C@@]2([2H])OCC[C@H]21)S(=O)(=O)c1ccc(N)cc1)C([2H])([2H])[2H]. The molecule has 4 N–H and O–H groups in total. The Kier molecular flexibility index (Phi) is 6.08. The monoisotopic (exact) mass is 556 g/mol. The maximum Gasteiger partial charge on any atom is 0.407 e. The third-order valence-electron chi connectivity index (χ3n) is 6.21. The van der Waals surface area contributed by atoms with Gasteiger partial charge in [0.1, 0.15) is 6.08 Å². The molecule has 4 rings (SSSR count). The van der Waals surface area contributed by atoms with Crippen molar-refractivity contribution in [1.82, 2.24) is 9.62 Å². The van der Waals surface area contributed by atoms with Crippen molar-refractivity contribution in [2.45, 2.75) is 55.9 Å². The van der Waals surface area contributed by atoms with Gasteiger partial charge in [-0.3, -0.25) is 0 Å². The molecule has 0 aromatic heterocycles. The van der Waals surface area contributed by atoms with Crippen molar-refractivity contribution in [3.8, 4) is 0 Å². The highest BCUT2D eigenvalue weighted by molar-refractivity contribution is 7.89. The fourth-order valence-electron chi connectivity index (χ4n) is 4.27. The first-order chi connectivity index (χ1) is 21.6. The standard InChI is InChI=1S/C27H37N3O7S/c1-18(2)15-30(38(33,34)21-10-8-20(28)9-11-21)16-24(31)23(14-19-6-4-3-5-7-19)29-27(32)37-25-17-36-26-22(25)12-13-35-26/h3-11,18,22-26,31H,12-17,28H2,1-2H3,(H,29,32)/t22-,23-,24+,25-,26+/m0/s1/i1D3,2D3,18D,25D,26D. The number of nitrogen functional groups attached to an aromatic ring is 1. The normalized spacial score (nSPS) is 31.1. The number of sulfonamides is 1. The molecule has 10 nitrogen and oxygen atoms in total. The maximum atomic E-state index is 13.9. The minimum absolute atomic E-state index is 0.109. The van der Waals surface area contributed by atoms with E-state index in [1.54, 1.807) is 30.3 Å². The van der Waals surface area contributed by atoms with Crippen LogP contribution in [0, 0.1) is 11.8 Å². The molecule has 2 fully saturated rings. The molecule has 2 aromatic carbocycles. The van der Waals surface area contributed by atoms with E-state index in [0.717, 1.165) is 12.1 Å². The number of hydrogen-bond donors (Lipinski definition) is 3. The predicted octanol–water partition coefficient (Wildman–Crippen LogP) is 2.38. The summed E-state index contributed by atoms with van der Waals surface area (Å²) in [4.78, 5) is 12.8. The molecule has 208 valence electrons. The first kappa shape index (κ1) is 18.6. The number of alkyl carbamates (subject to hydrolysis) is 1. The zero-order valence-corrected chi connectivity index (χ0v) is 21.3. The second-order valence-corrected chi connectivity index (χ2v) is 10.9. The highest BCUT2D eigenvalue weighted by Crippen LogP contribution is 2.33. The number of fused-ring (bicyclic) bond motifs is 1. The predicted molar refractivity (Wildman–Crippen MR) is 142 cm³/mol. The van der Waals surface area contributed by atoms with Crippen molar-refractivity contribution in [3.63, 3.8) is 0 Å². The van der Waals surface area contributed by atoms with Crippen LogP contribution in [0.3, 0.4) is 0 Å². The summed E-state index contributed by atoms with van der Waals surface area (Å²) in [6, 6.07) is 11.8. The van der Waals surface area contributed by atoms with Gasteiger partial charge in [0.25, 0.3) is 0 Å². The van der Waals surface area contributed by atoms with E-state index in [1.807, 2.05) is 0 Å². The number of rotatable bonds is 11. The zero-order chi connectivity index (χ0) is 35.1. The van der Waals surface area contributed by atoms with Crippen LogP contribution in [-0.2, 0) is 30.7 Å². The zero-order valence-electron chi connectivity index (χ0n) is 29.5. The lowest BCUT2D eigenvalue weighted by molar-refractivity contribution is -0.0907. The average molecular weight is 557 g/mol. The molecular weight excluding hydrogens is 510 g/mol. The van der Waals surface area contributed by atoms with E-state index in [4.69, 9.17) is 32.3 Å². The Morgan fingerprint density at radius 2 is 1.97 bits per heavy atom. The number of hydrogen-bond acceptors (Lipinski definition) is 8. The van der Waals surface area contributed by atoms with Crippen molar-refractivity contribution >= 4 is 21.8 Å². The summed E-state index contributed by atoms with van der Waals surface area (Å²) < 4.78 is 116.